The van der Waals surface area contributed by atoms with Crippen LogP contribution in [-0.2, 0) is 11.3 Å². The van der Waals surface area contributed by atoms with Crippen LogP contribution in [0.25, 0.3) is 0 Å². The fourth-order valence-corrected chi connectivity index (χ4v) is 2.48. The number of nitrogens with zero attached hydrogens (tertiary/aromatic N) is 2. The Balaban J connectivity index is 1.83. The molecule has 1 aromatic heterocycles. The van der Waals surface area contributed by atoms with E-state index >= 15 is 0 Å². The Labute approximate surface area is 147 Å². The maximum absolute atomic E-state index is 12.3. The van der Waals surface area contributed by atoms with E-state index in [1.165, 1.54) is 14.2 Å². The van der Waals surface area contributed by atoms with Crippen LogP contribution >= 0.6 is 0 Å². The summed E-state index contributed by atoms with van der Waals surface area (Å²) < 4.78 is 12.2. The van der Waals surface area contributed by atoms with Gasteiger partial charge in [0.15, 0.2) is 17.3 Å². The molecule has 0 fully saturated rings. The average Bonchev–Trinajstić information content (AvgIpc) is 3.11. The zero-order chi connectivity index (χ0) is 18.2. The maximum Gasteiger partial charge on any atom is 0.220 e. The molecule has 0 bridgehead atoms. The molecule has 1 atom stereocenters. The highest BCUT2D eigenvalue weighted by molar-refractivity contribution is 5.98. The average molecular weight is 345 g/mol. The molecule has 0 aliphatic heterocycles. The van der Waals surface area contributed by atoms with Gasteiger partial charge in [-0.25, -0.2) is 4.98 Å². The number of ketones is 1. The highest BCUT2D eigenvalue weighted by Crippen LogP contribution is 2.28. The quantitative estimate of drug-likeness (QED) is 0.704. The van der Waals surface area contributed by atoms with Crippen LogP contribution < -0.4 is 14.8 Å². The number of hydrogen-bond acceptors (Lipinski definition) is 5. The molecule has 134 valence electrons. The highest BCUT2D eigenvalue weighted by atomic mass is 16.5. The molecule has 0 aliphatic rings. The Bertz CT molecular complexity index is 713. The molecule has 0 spiro atoms. The third kappa shape index (κ3) is 5.34. The standard InChI is InChI=1S/C18H23N3O4/c1-13(11-21-9-8-19-12-21)20-18(23)7-5-15(22)14-4-6-16(24-2)17(10-14)25-3/h4,6,8-10,12-13H,5,7,11H2,1-3H3,(H,20,23)/t13-/m1/s1. The summed E-state index contributed by atoms with van der Waals surface area (Å²) >= 11 is 0. The fourth-order valence-electron chi connectivity index (χ4n) is 2.48. The van der Waals surface area contributed by atoms with Crippen LogP contribution in [0.1, 0.15) is 30.1 Å². The van der Waals surface area contributed by atoms with Gasteiger partial charge >= 0.3 is 0 Å². The summed E-state index contributed by atoms with van der Waals surface area (Å²) in [5.41, 5.74) is 0.497. The Morgan fingerprint density at radius 3 is 2.60 bits per heavy atom. The smallest absolute Gasteiger partial charge is 0.220 e. The first kappa shape index (κ1) is 18.5. The maximum atomic E-state index is 12.3. The molecule has 1 heterocycles. The number of carbonyl (C=O) groups excluding carboxylic acids is 2. The molecule has 2 aromatic rings. The van der Waals surface area contributed by atoms with Crippen molar-refractivity contribution in [3.8, 4) is 11.5 Å². The van der Waals surface area contributed by atoms with Gasteiger partial charge in [-0.05, 0) is 25.1 Å². The first-order chi connectivity index (χ1) is 12.0. The van der Waals surface area contributed by atoms with Gasteiger partial charge in [-0.2, -0.15) is 0 Å². The lowest BCUT2D eigenvalue weighted by molar-refractivity contribution is -0.121. The van der Waals surface area contributed by atoms with Gasteiger partial charge < -0.3 is 19.4 Å². The first-order valence-corrected chi connectivity index (χ1v) is 8.03. The summed E-state index contributed by atoms with van der Waals surface area (Å²) in [4.78, 5) is 28.2. The van der Waals surface area contributed by atoms with Gasteiger partial charge in [0.05, 0.1) is 20.5 Å². The molecule has 7 nitrogen and oxygen atoms in total. The van der Waals surface area contributed by atoms with Crippen LogP contribution in [0.5, 0.6) is 11.5 Å². The second-order valence-electron chi connectivity index (χ2n) is 5.72. The molecule has 0 unspecified atom stereocenters. The number of Topliss-reactive ketones (excluding diaryl/α,β-unsaturated/α-hetero) is 1. The molecule has 1 N–H and O–H groups in total. The summed E-state index contributed by atoms with van der Waals surface area (Å²) in [7, 11) is 3.05. The monoisotopic (exact) mass is 345 g/mol. The number of imidazole rings is 1. The zero-order valence-corrected chi connectivity index (χ0v) is 14.7. The Hall–Kier alpha value is -2.83. The van der Waals surface area contributed by atoms with Gasteiger partial charge in [0.25, 0.3) is 0 Å². The van der Waals surface area contributed by atoms with E-state index in [0.29, 0.717) is 23.6 Å². The van der Waals surface area contributed by atoms with Gasteiger partial charge in [-0.3, -0.25) is 9.59 Å². The van der Waals surface area contributed by atoms with Gasteiger partial charge in [-0.15, -0.1) is 0 Å². The highest BCUT2D eigenvalue weighted by Gasteiger charge is 2.14. The number of rotatable bonds is 9. The van der Waals surface area contributed by atoms with Crippen molar-refractivity contribution in [2.45, 2.75) is 32.4 Å². The van der Waals surface area contributed by atoms with E-state index in [1.807, 2.05) is 17.7 Å². The van der Waals surface area contributed by atoms with E-state index in [2.05, 4.69) is 10.3 Å². The predicted molar refractivity (Wildman–Crippen MR) is 92.9 cm³/mol. The normalized spacial score (nSPS) is 11.6. The van der Waals surface area contributed by atoms with Gasteiger partial charge in [-0.1, -0.05) is 0 Å². The van der Waals surface area contributed by atoms with Crippen molar-refractivity contribution in [1.82, 2.24) is 14.9 Å². The van der Waals surface area contributed by atoms with Crippen molar-refractivity contribution >= 4 is 11.7 Å². The van der Waals surface area contributed by atoms with Crippen molar-refractivity contribution < 1.29 is 19.1 Å². The van der Waals surface area contributed by atoms with Gasteiger partial charge in [0.1, 0.15) is 0 Å². The second-order valence-corrected chi connectivity index (χ2v) is 5.72. The fraction of sp³-hybridized carbons (Fsp3) is 0.389. The van der Waals surface area contributed by atoms with Crippen LogP contribution in [0.4, 0.5) is 0 Å². The number of carbonyl (C=O) groups is 2. The number of methoxy groups -OCH3 is 2. The molecule has 1 amide bonds. The third-order valence-electron chi connectivity index (χ3n) is 3.74. The molecular weight excluding hydrogens is 322 g/mol. The zero-order valence-electron chi connectivity index (χ0n) is 14.7. The van der Waals surface area contributed by atoms with Crippen molar-refractivity contribution in [3.63, 3.8) is 0 Å². The Morgan fingerprint density at radius 1 is 1.20 bits per heavy atom. The van der Waals surface area contributed by atoms with E-state index in [4.69, 9.17) is 9.47 Å². The number of aromatic nitrogens is 2. The molecule has 0 saturated heterocycles. The SMILES string of the molecule is COc1ccc(C(=O)CCC(=O)N[C@H](C)Cn2ccnc2)cc1OC. The summed E-state index contributed by atoms with van der Waals surface area (Å²) in [6.07, 6.45) is 5.50. The first-order valence-electron chi connectivity index (χ1n) is 8.03. The lowest BCUT2D eigenvalue weighted by Gasteiger charge is -2.14. The van der Waals surface area contributed by atoms with Gasteiger partial charge in [0, 0.05) is 43.4 Å². The third-order valence-corrected chi connectivity index (χ3v) is 3.74. The van der Waals surface area contributed by atoms with Crippen molar-refractivity contribution in [1.29, 1.82) is 0 Å². The Morgan fingerprint density at radius 2 is 1.96 bits per heavy atom. The molecule has 0 saturated carbocycles. The number of amides is 1. The van der Waals surface area contributed by atoms with Crippen molar-refractivity contribution in [3.05, 3.63) is 42.5 Å². The summed E-state index contributed by atoms with van der Waals surface area (Å²) in [5, 5.41) is 2.88. The van der Waals surface area contributed by atoms with Crippen molar-refractivity contribution in [2.24, 2.45) is 0 Å². The topological polar surface area (TPSA) is 82.5 Å². The van der Waals surface area contributed by atoms with E-state index < -0.39 is 0 Å². The summed E-state index contributed by atoms with van der Waals surface area (Å²) in [6.45, 7) is 2.55. The van der Waals surface area contributed by atoms with E-state index in [-0.39, 0.29) is 30.6 Å². The minimum atomic E-state index is -0.151. The molecule has 25 heavy (non-hydrogen) atoms. The van der Waals surface area contributed by atoms with Crippen LogP contribution in [0.2, 0.25) is 0 Å². The predicted octanol–water partition coefficient (Wildman–Crippen LogP) is 2.07. The molecule has 7 heteroatoms. The molecule has 1 aromatic carbocycles. The van der Waals surface area contributed by atoms with Crippen LogP contribution in [0.15, 0.2) is 36.9 Å². The second kappa shape index (κ2) is 8.86. The lowest BCUT2D eigenvalue weighted by atomic mass is 10.1. The van der Waals surface area contributed by atoms with E-state index in [0.717, 1.165) is 0 Å². The molecular formula is C18H23N3O4. The van der Waals surface area contributed by atoms with Crippen LogP contribution in [-0.4, -0.2) is 41.5 Å². The van der Waals surface area contributed by atoms with E-state index in [1.54, 1.807) is 30.7 Å². The number of ether oxygens (including phenoxy) is 2. The molecule has 0 aliphatic carbocycles. The van der Waals surface area contributed by atoms with E-state index in [9.17, 15) is 9.59 Å². The lowest BCUT2D eigenvalue weighted by Crippen LogP contribution is -2.35. The summed E-state index contributed by atoms with van der Waals surface area (Å²) in [6, 6.07) is 4.93. The van der Waals surface area contributed by atoms with Crippen LogP contribution in [0.3, 0.4) is 0 Å². The minimum absolute atomic E-state index is 0.0436. The molecule has 0 radical (unpaired) electrons. The summed E-state index contributed by atoms with van der Waals surface area (Å²) in [5.74, 6) is 0.789. The molecule has 2 rings (SSSR count). The van der Waals surface area contributed by atoms with Crippen molar-refractivity contribution in [2.75, 3.05) is 14.2 Å². The van der Waals surface area contributed by atoms with Gasteiger partial charge in [0.2, 0.25) is 5.91 Å². The number of hydrogen-bond donors (Lipinski definition) is 1. The number of benzene rings is 1. The number of nitrogens with one attached hydrogen (secondary N) is 1. The minimum Gasteiger partial charge on any atom is -0.493 e. The Kier molecular flexibility index (Phi) is 6.56. The van der Waals surface area contributed by atoms with Crippen LogP contribution in [0, 0.1) is 0 Å². The largest absolute Gasteiger partial charge is 0.493 e.